The van der Waals surface area contributed by atoms with Crippen LogP contribution in [-0.4, -0.2) is 11.4 Å². The van der Waals surface area contributed by atoms with Crippen LogP contribution in [0, 0.1) is 5.41 Å². The van der Waals surface area contributed by atoms with E-state index in [0.717, 1.165) is 19.3 Å². The summed E-state index contributed by atoms with van der Waals surface area (Å²) in [5.41, 5.74) is -0.316. The summed E-state index contributed by atoms with van der Waals surface area (Å²) in [6, 6.07) is 0. The van der Waals surface area contributed by atoms with E-state index in [1.165, 1.54) is 0 Å². The quantitative estimate of drug-likeness (QED) is 0.724. The molecule has 0 fully saturated rings. The smallest absolute Gasteiger partial charge is 0.226 e. The molecule has 0 atom stereocenters. The Kier molecular flexibility index (Phi) is 4.63. The van der Waals surface area contributed by atoms with Crippen molar-refractivity contribution in [1.29, 1.82) is 0 Å². The predicted octanol–water partition coefficient (Wildman–Crippen LogP) is 3.12. The minimum Gasteiger partial charge on any atom is -0.351 e. The van der Waals surface area contributed by atoms with Gasteiger partial charge in [0, 0.05) is 11.0 Å². The lowest BCUT2D eigenvalue weighted by molar-refractivity contribution is -0.131. The van der Waals surface area contributed by atoms with Gasteiger partial charge in [-0.3, -0.25) is 4.79 Å². The molecule has 0 heterocycles. The molecular weight excluding hydrogens is 174 g/mol. The highest BCUT2D eigenvalue weighted by Crippen LogP contribution is 2.22. The van der Waals surface area contributed by atoms with Gasteiger partial charge in [0.15, 0.2) is 0 Å². The maximum atomic E-state index is 11.9. The average Bonchev–Trinajstić information content (AvgIpc) is 2.03. The summed E-state index contributed by atoms with van der Waals surface area (Å²) in [5, 5.41) is 3.11. The first kappa shape index (κ1) is 13.5. The highest BCUT2D eigenvalue weighted by Gasteiger charge is 2.29. The molecule has 0 rings (SSSR count). The number of hydrogen-bond acceptors (Lipinski definition) is 1. The fourth-order valence-corrected chi connectivity index (χ4v) is 1.32. The van der Waals surface area contributed by atoms with Crippen molar-refractivity contribution < 1.29 is 4.79 Å². The predicted molar refractivity (Wildman–Crippen MR) is 61.2 cm³/mol. The first-order valence-corrected chi connectivity index (χ1v) is 5.58. The number of nitrogens with one attached hydrogen (secondary N) is 1. The Hall–Kier alpha value is -0.530. The molecule has 0 unspecified atom stereocenters. The van der Waals surface area contributed by atoms with E-state index in [-0.39, 0.29) is 16.9 Å². The van der Waals surface area contributed by atoms with Gasteiger partial charge in [0.25, 0.3) is 0 Å². The monoisotopic (exact) mass is 199 g/mol. The van der Waals surface area contributed by atoms with Gasteiger partial charge in [-0.2, -0.15) is 0 Å². The number of amides is 1. The molecule has 2 nitrogen and oxygen atoms in total. The summed E-state index contributed by atoms with van der Waals surface area (Å²) in [6.45, 7) is 12.3. The third kappa shape index (κ3) is 4.12. The van der Waals surface area contributed by atoms with E-state index in [0.29, 0.717) is 0 Å². The van der Waals surface area contributed by atoms with Gasteiger partial charge < -0.3 is 5.32 Å². The molecule has 0 spiro atoms. The highest BCUT2D eigenvalue weighted by molar-refractivity contribution is 5.82. The number of carbonyl (C=O) groups is 1. The van der Waals surface area contributed by atoms with Gasteiger partial charge in [0.2, 0.25) is 5.91 Å². The molecule has 0 saturated carbocycles. The zero-order valence-electron chi connectivity index (χ0n) is 10.5. The second-order valence-electron chi connectivity index (χ2n) is 5.33. The van der Waals surface area contributed by atoms with Crippen molar-refractivity contribution in [2.24, 2.45) is 5.41 Å². The molecule has 0 bridgehead atoms. The standard InChI is InChI=1S/C12H25NO/c1-7-9-12(5,6)13-10(14)11(3,4)8-2/h7-9H2,1-6H3,(H,13,14). The second kappa shape index (κ2) is 4.81. The first-order chi connectivity index (χ1) is 6.25. The maximum absolute atomic E-state index is 11.9. The normalized spacial score (nSPS) is 12.7. The van der Waals surface area contributed by atoms with E-state index in [4.69, 9.17) is 0 Å². The zero-order chi connectivity index (χ0) is 11.4. The molecular formula is C12H25NO. The van der Waals surface area contributed by atoms with Crippen LogP contribution in [0.5, 0.6) is 0 Å². The highest BCUT2D eigenvalue weighted by atomic mass is 16.2. The molecule has 0 aliphatic rings. The summed E-state index contributed by atoms with van der Waals surface area (Å²) in [4.78, 5) is 11.9. The third-order valence-electron chi connectivity index (χ3n) is 2.83. The zero-order valence-corrected chi connectivity index (χ0v) is 10.5. The third-order valence-corrected chi connectivity index (χ3v) is 2.83. The largest absolute Gasteiger partial charge is 0.351 e. The van der Waals surface area contributed by atoms with Crippen LogP contribution < -0.4 is 5.32 Å². The SMILES string of the molecule is CCCC(C)(C)NC(=O)C(C)(C)CC. The van der Waals surface area contributed by atoms with Crippen LogP contribution in [0.3, 0.4) is 0 Å². The summed E-state index contributed by atoms with van der Waals surface area (Å²) in [6.07, 6.45) is 3.00. The minimum atomic E-state index is -0.245. The van der Waals surface area contributed by atoms with Crippen LogP contribution in [0.2, 0.25) is 0 Å². The fraction of sp³-hybridized carbons (Fsp3) is 0.917. The van der Waals surface area contributed by atoms with Crippen LogP contribution in [-0.2, 0) is 4.79 Å². The molecule has 0 aliphatic carbocycles. The van der Waals surface area contributed by atoms with E-state index >= 15 is 0 Å². The van der Waals surface area contributed by atoms with Gasteiger partial charge in [-0.15, -0.1) is 0 Å². The average molecular weight is 199 g/mol. The van der Waals surface area contributed by atoms with E-state index in [2.05, 4.69) is 26.1 Å². The lowest BCUT2D eigenvalue weighted by atomic mass is 9.87. The molecule has 0 aromatic heterocycles. The van der Waals surface area contributed by atoms with Crippen LogP contribution in [0.4, 0.5) is 0 Å². The summed E-state index contributed by atoms with van der Waals surface area (Å²) in [7, 11) is 0. The van der Waals surface area contributed by atoms with Crippen LogP contribution in [0.25, 0.3) is 0 Å². The Morgan fingerprint density at radius 2 is 1.64 bits per heavy atom. The molecule has 0 aliphatic heterocycles. The first-order valence-electron chi connectivity index (χ1n) is 5.58. The minimum absolute atomic E-state index is 0.0712. The summed E-state index contributed by atoms with van der Waals surface area (Å²) >= 11 is 0. The number of hydrogen-bond donors (Lipinski definition) is 1. The molecule has 1 amide bonds. The molecule has 84 valence electrons. The molecule has 14 heavy (non-hydrogen) atoms. The van der Waals surface area contributed by atoms with Crippen molar-refractivity contribution in [2.45, 2.75) is 66.3 Å². The van der Waals surface area contributed by atoms with Crippen molar-refractivity contribution in [3.05, 3.63) is 0 Å². The second-order valence-corrected chi connectivity index (χ2v) is 5.33. The molecule has 0 saturated heterocycles. The Labute approximate surface area is 88.5 Å². The van der Waals surface area contributed by atoms with E-state index in [9.17, 15) is 4.79 Å². The molecule has 1 N–H and O–H groups in total. The van der Waals surface area contributed by atoms with Crippen molar-refractivity contribution in [3.63, 3.8) is 0 Å². The van der Waals surface area contributed by atoms with Gasteiger partial charge >= 0.3 is 0 Å². The maximum Gasteiger partial charge on any atom is 0.226 e. The van der Waals surface area contributed by atoms with E-state index < -0.39 is 0 Å². The summed E-state index contributed by atoms with van der Waals surface area (Å²) < 4.78 is 0. The van der Waals surface area contributed by atoms with Crippen LogP contribution >= 0.6 is 0 Å². The van der Waals surface area contributed by atoms with Crippen molar-refractivity contribution >= 4 is 5.91 Å². The van der Waals surface area contributed by atoms with Crippen molar-refractivity contribution in [3.8, 4) is 0 Å². The van der Waals surface area contributed by atoms with E-state index in [1.54, 1.807) is 0 Å². The molecule has 0 aromatic rings. The van der Waals surface area contributed by atoms with Gasteiger partial charge in [0.05, 0.1) is 0 Å². The van der Waals surface area contributed by atoms with Crippen molar-refractivity contribution in [1.82, 2.24) is 5.32 Å². The Morgan fingerprint density at radius 3 is 2.00 bits per heavy atom. The Balaban J connectivity index is 4.31. The number of carbonyl (C=O) groups excluding carboxylic acids is 1. The van der Waals surface area contributed by atoms with Crippen LogP contribution in [0.15, 0.2) is 0 Å². The molecule has 0 radical (unpaired) electrons. The molecule has 2 heteroatoms. The fourth-order valence-electron chi connectivity index (χ4n) is 1.32. The summed E-state index contributed by atoms with van der Waals surface area (Å²) in [5.74, 6) is 0.165. The lowest BCUT2D eigenvalue weighted by Crippen LogP contribution is -2.48. The van der Waals surface area contributed by atoms with E-state index in [1.807, 2.05) is 20.8 Å². The molecule has 0 aromatic carbocycles. The van der Waals surface area contributed by atoms with Gasteiger partial charge in [0.1, 0.15) is 0 Å². The lowest BCUT2D eigenvalue weighted by Gasteiger charge is -2.31. The topological polar surface area (TPSA) is 29.1 Å². The Morgan fingerprint density at radius 1 is 1.14 bits per heavy atom. The van der Waals surface area contributed by atoms with Crippen molar-refractivity contribution in [2.75, 3.05) is 0 Å². The van der Waals surface area contributed by atoms with Gasteiger partial charge in [-0.1, -0.05) is 34.1 Å². The number of rotatable bonds is 5. The van der Waals surface area contributed by atoms with Gasteiger partial charge in [-0.25, -0.2) is 0 Å². The van der Waals surface area contributed by atoms with Crippen LogP contribution in [0.1, 0.15) is 60.8 Å². The van der Waals surface area contributed by atoms with Gasteiger partial charge in [-0.05, 0) is 26.7 Å². The Bertz CT molecular complexity index is 194.